The van der Waals surface area contributed by atoms with Crippen molar-refractivity contribution < 1.29 is 22.7 Å². The molecule has 1 saturated heterocycles. The van der Waals surface area contributed by atoms with E-state index in [-0.39, 0.29) is 29.3 Å². The van der Waals surface area contributed by atoms with Gasteiger partial charge in [-0.15, -0.1) is 0 Å². The van der Waals surface area contributed by atoms with Crippen LogP contribution in [0.1, 0.15) is 16.8 Å². The van der Waals surface area contributed by atoms with Crippen molar-refractivity contribution >= 4 is 27.5 Å². The zero-order valence-electron chi connectivity index (χ0n) is 16.7. The van der Waals surface area contributed by atoms with Gasteiger partial charge >= 0.3 is 0 Å². The van der Waals surface area contributed by atoms with E-state index in [2.05, 4.69) is 4.90 Å². The molecule has 2 aliphatic heterocycles. The molecule has 0 atom stereocenters. The van der Waals surface area contributed by atoms with Crippen LogP contribution < -0.4 is 9.64 Å². The minimum Gasteiger partial charge on any atom is -0.495 e. The molecule has 1 fully saturated rings. The highest BCUT2D eigenvalue weighted by atomic mass is 32.2. The molecule has 30 heavy (non-hydrogen) atoms. The maximum atomic E-state index is 12.7. The molecule has 0 aliphatic carbocycles. The van der Waals surface area contributed by atoms with Crippen LogP contribution in [0.2, 0.25) is 0 Å². The Labute approximate surface area is 175 Å². The molecular weight excluding hydrogens is 406 g/mol. The normalized spacial score (nSPS) is 17.8. The van der Waals surface area contributed by atoms with Gasteiger partial charge in [0.2, 0.25) is 5.91 Å². The topological polar surface area (TPSA) is 87.2 Å². The van der Waals surface area contributed by atoms with Gasteiger partial charge < -0.3 is 14.5 Å². The standard InChI is InChI=1S/C21H23N3O5S/c1-29-18-8-4-3-7-17(18)22-12-14-23(15-13-22)20(25)10-11-24-21(26)16-6-2-5-9-19(16)30(24,27)28/h2-9H,10-15H2,1H3. The number of hydrogen-bond acceptors (Lipinski definition) is 6. The first-order chi connectivity index (χ1) is 14.4. The molecule has 2 aromatic rings. The van der Waals surface area contributed by atoms with Gasteiger partial charge in [-0.2, -0.15) is 0 Å². The van der Waals surface area contributed by atoms with Crippen molar-refractivity contribution in [2.75, 3.05) is 44.7 Å². The van der Waals surface area contributed by atoms with Gasteiger partial charge in [-0.05, 0) is 24.3 Å². The lowest BCUT2D eigenvalue weighted by Gasteiger charge is -2.36. The first-order valence-corrected chi connectivity index (χ1v) is 11.2. The molecule has 2 amide bonds. The number of rotatable bonds is 5. The number of fused-ring (bicyclic) bond motifs is 1. The largest absolute Gasteiger partial charge is 0.495 e. The predicted molar refractivity (Wildman–Crippen MR) is 111 cm³/mol. The van der Waals surface area contributed by atoms with E-state index in [1.807, 2.05) is 24.3 Å². The first kappa shape index (κ1) is 20.2. The summed E-state index contributed by atoms with van der Waals surface area (Å²) in [5.41, 5.74) is 1.15. The Hall–Kier alpha value is -3.07. The van der Waals surface area contributed by atoms with Crippen LogP contribution in [0.25, 0.3) is 0 Å². The van der Waals surface area contributed by atoms with E-state index in [4.69, 9.17) is 4.74 Å². The van der Waals surface area contributed by atoms with Crippen molar-refractivity contribution in [3.05, 3.63) is 54.1 Å². The Morgan fingerprint density at radius 2 is 1.67 bits per heavy atom. The number of para-hydroxylation sites is 2. The molecule has 0 unspecified atom stereocenters. The summed E-state index contributed by atoms with van der Waals surface area (Å²) in [6.45, 7) is 2.20. The fourth-order valence-corrected chi connectivity index (χ4v) is 5.46. The number of benzene rings is 2. The number of hydrogen-bond donors (Lipinski definition) is 0. The molecule has 0 radical (unpaired) electrons. The third-order valence-corrected chi connectivity index (χ3v) is 7.34. The molecule has 2 aromatic carbocycles. The van der Waals surface area contributed by atoms with Crippen LogP contribution >= 0.6 is 0 Å². The summed E-state index contributed by atoms with van der Waals surface area (Å²) in [6.07, 6.45) is -0.0341. The van der Waals surface area contributed by atoms with Crippen molar-refractivity contribution in [1.29, 1.82) is 0 Å². The van der Waals surface area contributed by atoms with Crippen molar-refractivity contribution in [2.45, 2.75) is 11.3 Å². The molecule has 9 heteroatoms. The van der Waals surface area contributed by atoms with Gasteiger partial charge in [-0.25, -0.2) is 12.7 Å². The Morgan fingerprint density at radius 1 is 1.00 bits per heavy atom. The molecular formula is C21H23N3O5S. The highest BCUT2D eigenvalue weighted by Crippen LogP contribution is 2.30. The monoisotopic (exact) mass is 429 g/mol. The van der Waals surface area contributed by atoms with Crippen LogP contribution in [0.5, 0.6) is 5.75 Å². The second kappa shape index (κ2) is 7.98. The Balaban J connectivity index is 1.36. The highest BCUT2D eigenvalue weighted by molar-refractivity contribution is 7.90. The third-order valence-electron chi connectivity index (χ3n) is 5.50. The van der Waals surface area contributed by atoms with Gasteiger partial charge in [0.05, 0.1) is 18.4 Å². The number of anilines is 1. The highest BCUT2D eigenvalue weighted by Gasteiger charge is 2.41. The van der Waals surface area contributed by atoms with Crippen LogP contribution in [0.4, 0.5) is 5.69 Å². The number of piperazine rings is 1. The lowest BCUT2D eigenvalue weighted by Crippen LogP contribution is -2.49. The quantitative estimate of drug-likeness (QED) is 0.717. The average Bonchev–Trinajstić information content (AvgIpc) is 2.97. The summed E-state index contributed by atoms with van der Waals surface area (Å²) >= 11 is 0. The van der Waals surface area contributed by atoms with E-state index >= 15 is 0 Å². The Kier molecular flexibility index (Phi) is 5.38. The maximum Gasteiger partial charge on any atom is 0.269 e. The number of amides is 2. The molecule has 0 aromatic heterocycles. The van der Waals surface area contributed by atoms with Gasteiger partial charge in [0.1, 0.15) is 10.6 Å². The molecule has 0 bridgehead atoms. The van der Waals surface area contributed by atoms with Crippen molar-refractivity contribution in [3.63, 3.8) is 0 Å². The molecule has 2 heterocycles. The minimum atomic E-state index is -3.88. The molecule has 8 nitrogen and oxygen atoms in total. The Morgan fingerprint density at radius 3 is 2.37 bits per heavy atom. The van der Waals surface area contributed by atoms with Crippen molar-refractivity contribution in [2.24, 2.45) is 0 Å². The average molecular weight is 429 g/mol. The summed E-state index contributed by atoms with van der Waals surface area (Å²) in [7, 11) is -2.25. The van der Waals surface area contributed by atoms with E-state index in [0.717, 1.165) is 15.7 Å². The van der Waals surface area contributed by atoms with Gasteiger partial charge in [0.15, 0.2) is 0 Å². The van der Waals surface area contributed by atoms with Gasteiger partial charge in [-0.1, -0.05) is 24.3 Å². The first-order valence-electron chi connectivity index (χ1n) is 9.75. The fraction of sp³-hybridized carbons (Fsp3) is 0.333. The second-order valence-corrected chi connectivity index (χ2v) is 9.00. The fourth-order valence-electron chi connectivity index (χ4n) is 3.90. The number of sulfonamides is 1. The van der Waals surface area contributed by atoms with Gasteiger partial charge in [0, 0.05) is 39.1 Å². The maximum absolute atomic E-state index is 12.7. The predicted octanol–water partition coefficient (Wildman–Crippen LogP) is 1.58. The number of methoxy groups -OCH3 is 1. The number of carbonyl (C=O) groups excluding carboxylic acids is 2. The molecule has 4 rings (SSSR count). The van der Waals surface area contributed by atoms with E-state index in [9.17, 15) is 18.0 Å². The van der Waals surface area contributed by atoms with E-state index in [0.29, 0.717) is 26.2 Å². The van der Waals surface area contributed by atoms with Gasteiger partial charge in [-0.3, -0.25) is 9.59 Å². The SMILES string of the molecule is COc1ccccc1N1CCN(C(=O)CCN2C(=O)c3ccccc3S2(=O)=O)CC1. The summed E-state index contributed by atoms with van der Waals surface area (Å²) in [5.74, 6) is 0.0580. The summed E-state index contributed by atoms with van der Waals surface area (Å²) in [6, 6.07) is 13.9. The molecule has 2 aliphatic rings. The zero-order chi connectivity index (χ0) is 21.3. The Bertz CT molecular complexity index is 1080. The molecule has 0 saturated carbocycles. The van der Waals surface area contributed by atoms with Crippen molar-refractivity contribution in [3.8, 4) is 5.75 Å². The van der Waals surface area contributed by atoms with Crippen LogP contribution in [0.3, 0.4) is 0 Å². The summed E-state index contributed by atoms with van der Waals surface area (Å²) in [4.78, 5) is 29.0. The molecule has 0 spiro atoms. The van der Waals surface area contributed by atoms with E-state index in [1.54, 1.807) is 24.1 Å². The van der Waals surface area contributed by atoms with Gasteiger partial charge in [0.25, 0.3) is 15.9 Å². The second-order valence-electron chi connectivity index (χ2n) is 7.17. The third kappa shape index (κ3) is 3.49. The number of carbonyl (C=O) groups is 2. The number of ether oxygens (including phenoxy) is 1. The lowest BCUT2D eigenvalue weighted by molar-refractivity contribution is -0.131. The van der Waals surface area contributed by atoms with Crippen LogP contribution in [0, 0.1) is 0 Å². The smallest absolute Gasteiger partial charge is 0.269 e. The molecule has 158 valence electrons. The zero-order valence-corrected chi connectivity index (χ0v) is 17.5. The van der Waals surface area contributed by atoms with Crippen LogP contribution in [-0.4, -0.2) is 69.3 Å². The van der Waals surface area contributed by atoms with Crippen molar-refractivity contribution in [1.82, 2.24) is 9.21 Å². The van der Waals surface area contributed by atoms with Crippen LogP contribution in [-0.2, 0) is 14.8 Å². The van der Waals surface area contributed by atoms with E-state index in [1.165, 1.54) is 12.1 Å². The summed E-state index contributed by atoms with van der Waals surface area (Å²) < 4.78 is 31.4. The minimum absolute atomic E-state index is 0.00729. The molecule has 0 N–H and O–H groups in total. The van der Waals surface area contributed by atoms with E-state index < -0.39 is 15.9 Å². The number of nitrogens with zero attached hydrogens (tertiary/aromatic N) is 3. The van der Waals surface area contributed by atoms with Crippen LogP contribution in [0.15, 0.2) is 53.4 Å². The summed E-state index contributed by atoms with van der Waals surface area (Å²) in [5, 5.41) is 0. The lowest BCUT2D eigenvalue weighted by atomic mass is 10.2.